The van der Waals surface area contributed by atoms with Crippen LogP contribution < -0.4 is 14.8 Å². The molecule has 1 fully saturated rings. The molecular formula is C24H41N3O5S. The lowest BCUT2D eigenvalue weighted by Gasteiger charge is -2.35. The Labute approximate surface area is 199 Å². The first-order valence-electron chi connectivity index (χ1n) is 11.9. The molecule has 1 aliphatic rings. The predicted octanol–water partition coefficient (Wildman–Crippen LogP) is 3.28. The summed E-state index contributed by atoms with van der Waals surface area (Å²) in [6, 6.07) is 5.60. The van der Waals surface area contributed by atoms with Gasteiger partial charge in [0.2, 0.25) is 5.91 Å². The Kier molecular flexibility index (Phi) is 10.4. The van der Waals surface area contributed by atoms with Crippen molar-refractivity contribution < 1.29 is 22.7 Å². The van der Waals surface area contributed by atoms with Crippen LogP contribution in [-0.4, -0.2) is 62.8 Å². The summed E-state index contributed by atoms with van der Waals surface area (Å²) in [7, 11) is -1.94. The van der Waals surface area contributed by atoms with E-state index in [1.807, 2.05) is 52.8 Å². The third kappa shape index (κ3) is 7.86. The van der Waals surface area contributed by atoms with Crippen molar-refractivity contribution in [2.45, 2.75) is 54.0 Å². The summed E-state index contributed by atoms with van der Waals surface area (Å²) >= 11 is 0. The zero-order valence-electron chi connectivity index (χ0n) is 21.0. The molecule has 0 bridgehead atoms. The van der Waals surface area contributed by atoms with Gasteiger partial charge in [0.05, 0.1) is 13.7 Å². The zero-order valence-corrected chi connectivity index (χ0v) is 21.8. The van der Waals surface area contributed by atoms with E-state index in [2.05, 4.69) is 5.32 Å². The van der Waals surface area contributed by atoms with Crippen LogP contribution in [0.25, 0.3) is 0 Å². The molecule has 1 aliphatic heterocycles. The highest BCUT2D eigenvalue weighted by atomic mass is 32.2. The molecule has 0 saturated carbocycles. The molecule has 0 atom stereocenters. The predicted molar refractivity (Wildman–Crippen MR) is 130 cm³/mol. The first-order valence-corrected chi connectivity index (χ1v) is 13.3. The lowest BCUT2D eigenvalue weighted by molar-refractivity contribution is -0.126. The normalized spacial score (nSPS) is 15.9. The second-order valence-electron chi connectivity index (χ2n) is 9.42. The maximum atomic E-state index is 13.2. The van der Waals surface area contributed by atoms with Crippen molar-refractivity contribution in [1.29, 1.82) is 0 Å². The van der Waals surface area contributed by atoms with Crippen molar-refractivity contribution in [2.75, 3.05) is 39.9 Å². The van der Waals surface area contributed by atoms with E-state index in [1.165, 1.54) is 0 Å². The van der Waals surface area contributed by atoms with Gasteiger partial charge in [-0.3, -0.25) is 4.79 Å². The Balaban J connectivity index is 1.92. The van der Waals surface area contributed by atoms with E-state index in [0.717, 1.165) is 5.56 Å². The zero-order chi connectivity index (χ0) is 24.6. The number of ether oxygens (including phenoxy) is 2. The van der Waals surface area contributed by atoms with Gasteiger partial charge in [0, 0.05) is 38.6 Å². The van der Waals surface area contributed by atoms with Gasteiger partial charge in [-0.2, -0.15) is 17.0 Å². The number of rotatable bonds is 12. The van der Waals surface area contributed by atoms with Crippen LogP contribution in [0.3, 0.4) is 0 Å². The first kappa shape index (κ1) is 27.4. The Bertz CT molecular complexity index is 855. The standard InChI is InChI=1S/C24H41N3O5S/c1-7-32-22-9-8-20(14-23(22)31-6)15-25-24(28)21-10-12-26(13-11-21)33(29,30)27(16-18(2)3)17-19(4)5/h8-9,14,18-19,21H,7,10-13,15-17H2,1-6H3,(H,25,28). The van der Waals surface area contributed by atoms with Crippen LogP contribution in [0.1, 0.15) is 53.0 Å². The van der Waals surface area contributed by atoms with Crippen molar-refractivity contribution in [3.05, 3.63) is 23.8 Å². The number of benzene rings is 1. The summed E-state index contributed by atoms with van der Waals surface area (Å²) in [5, 5.41) is 2.99. The average Bonchev–Trinajstić information content (AvgIpc) is 2.77. The minimum atomic E-state index is -3.53. The van der Waals surface area contributed by atoms with Gasteiger partial charge in [-0.25, -0.2) is 0 Å². The third-order valence-electron chi connectivity index (χ3n) is 5.61. The highest BCUT2D eigenvalue weighted by molar-refractivity contribution is 7.86. The molecule has 8 nitrogen and oxygen atoms in total. The number of methoxy groups -OCH3 is 1. The number of carbonyl (C=O) groups excluding carboxylic acids is 1. The van der Waals surface area contributed by atoms with Gasteiger partial charge in [0.1, 0.15) is 0 Å². The van der Waals surface area contributed by atoms with Gasteiger partial charge in [-0.15, -0.1) is 0 Å². The van der Waals surface area contributed by atoms with Crippen LogP contribution >= 0.6 is 0 Å². The number of piperidine rings is 1. The van der Waals surface area contributed by atoms with Crippen molar-refractivity contribution in [2.24, 2.45) is 17.8 Å². The highest BCUT2D eigenvalue weighted by Crippen LogP contribution is 2.28. The summed E-state index contributed by atoms with van der Waals surface area (Å²) in [5.74, 6) is 1.58. The number of hydrogen-bond donors (Lipinski definition) is 1. The summed E-state index contributed by atoms with van der Waals surface area (Å²) < 4.78 is 40.5. The van der Waals surface area contributed by atoms with Crippen LogP contribution in [0.4, 0.5) is 0 Å². The molecule has 0 radical (unpaired) electrons. The maximum Gasteiger partial charge on any atom is 0.281 e. The van der Waals surface area contributed by atoms with E-state index in [0.29, 0.717) is 63.7 Å². The third-order valence-corrected chi connectivity index (χ3v) is 7.58. The van der Waals surface area contributed by atoms with Crippen molar-refractivity contribution in [3.8, 4) is 11.5 Å². The molecule has 188 valence electrons. The van der Waals surface area contributed by atoms with Crippen molar-refractivity contribution in [3.63, 3.8) is 0 Å². The van der Waals surface area contributed by atoms with Gasteiger partial charge < -0.3 is 14.8 Å². The molecule has 1 aromatic rings. The molecule has 1 N–H and O–H groups in total. The van der Waals surface area contributed by atoms with Gasteiger partial charge in [-0.05, 0) is 49.3 Å². The maximum absolute atomic E-state index is 13.2. The van der Waals surface area contributed by atoms with Gasteiger partial charge in [0.15, 0.2) is 11.5 Å². The van der Waals surface area contributed by atoms with Crippen LogP contribution in [0, 0.1) is 17.8 Å². The van der Waals surface area contributed by atoms with E-state index in [4.69, 9.17) is 9.47 Å². The second kappa shape index (κ2) is 12.6. The number of nitrogens with one attached hydrogen (secondary N) is 1. The van der Waals surface area contributed by atoms with Crippen molar-refractivity contribution in [1.82, 2.24) is 13.9 Å². The molecule has 33 heavy (non-hydrogen) atoms. The summed E-state index contributed by atoms with van der Waals surface area (Å²) in [4.78, 5) is 12.7. The highest BCUT2D eigenvalue weighted by Gasteiger charge is 2.35. The van der Waals surface area contributed by atoms with Gasteiger partial charge in [0.25, 0.3) is 10.2 Å². The van der Waals surface area contributed by atoms with Gasteiger partial charge >= 0.3 is 0 Å². The molecule has 2 rings (SSSR count). The summed E-state index contributed by atoms with van der Waals surface area (Å²) in [5.41, 5.74) is 0.918. The average molecular weight is 484 g/mol. The molecule has 0 unspecified atom stereocenters. The van der Waals surface area contributed by atoms with E-state index in [1.54, 1.807) is 15.7 Å². The molecule has 1 amide bonds. The molecule has 0 aliphatic carbocycles. The van der Waals surface area contributed by atoms with E-state index in [9.17, 15) is 13.2 Å². The molecule has 1 heterocycles. The quantitative estimate of drug-likeness (QED) is 0.493. The Hall–Kier alpha value is -1.84. The smallest absolute Gasteiger partial charge is 0.281 e. The molecular weight excluding hydrogens is 442 g/mol. The summed E-state index contributed by atoms with van der Waals surface area (Å²) in [6.45, 7) is 12.7. The number of hydrogen-bond acceptors (Lipinski definition) is 5. The fourth-order valence-corrected chi connectivity index (χ4v) is 5.99. The lowest BCUT2D eigenvalue weighted by Crippen LogP contribution is -2.50. The number of amides is 1. The Morgan fingerprint density at radius 2 is 1.73 bits per heavy atom. The summed E-state index contributed by atoms with van der Waals surface area (Å²) in [6.07, 6.45) is 1.05. The second-order valence-corrected chi connectivity index (χ2v) is 11.4. The monoisotopic (exact) mass is 483 g/mol. The number of carbonyl (C=O) groups is 1. The fraction of sp³-hybridized carbons (Fsp3) is 0.708. The molecule has 0 spiro atoms. The molecule has 1 saturated heterocycles. The van der Waals surface area contributed by atoms with Crippen LogP contribution in [-0.2, 0) is 21.5 Å². The van der Waals surface area contributed by atoms with E-state index in [-0.39, 0.29) is 23.7 Å². The minimum absolute atomic E-state index is 0.0406. The SMILES string of the molecule is CCOc1ccc(CNC(=O)C2CCN(S(=O)(=O)N(CC(C)C)CC(C)C)CC2)cc1OC. The minimum Gasteiger partial charge on any atom is -0.493 e. The number of nitrogens with zero attached hydrogens (tertiary/aromatic N) is 2. The van der Waals surface area contributed by atoms with Crippen LogP contribution in [0.2, 0.25) is 0 Å². The molecule has 0 aromatic heterocycles. The Morgan fingerprint density at radius 1 is 1.12 bits per heavy atom. The Morgan fingerprint density at radius 3 is 2.24 bits per heavy atom. The topological polar surface area (TPSA) is 88.2 Å². The first-order chi connectivity index (χ1) is 15.6. The molecule has 9 heteroatoms. The van der Waals surface area contributed by atoms with Crippen LogP contribution in [0.15, 0.2) is 18.2 Å². The van der Waals surface area contributed by atoms with E-state index >= 15 is 0 Å². The fourth-order valence-electron chi connectivity index (χ4n) is 4.02. The van der Waals surface area contributed by atoms with Crippen molar-refractivity contribution >= 4 is 16.1 Å². The van der Waals surface area contributed by atoms with Crippen LogP contribution in [0.5, 0.6) is 11.5 Å². The largest absolute Gasteiger partial charge is 0.493 e. The molecule has 1 aromatic carbocycles. The van der Waals surface area contributed by atoms with E-state index < -0.39 is 10.2 Å². The van der Waals surface area contributed by atoms with Gasteiger partial charge in [-0.1, -0.05) is 33.8 Å². The lowest BCUT2D eigenvalue weighted by atomic mass is 9.97.